The highest BCUT2D eigenvalue weighted by Crippen LogP contribution is 2.06. The SMILES string of the molecule is Cc1c(C(=O)NCCCC(C)C(=O)O)cnn1C. The molecule has 0 saturated carbocycles. The van der Waals surface area contributed by atoms with E-state index in [1.54, 1.807) is 18.7 Å². The van der Waals surface area contributed by atoms with Gasteiger partial charge in [-0.05, 0) is 19.8 Å². The minimum Gasteiger partial charge on any atom is -0.481 e. The molecule has 0 bridgehead atoms. The fourth-order valence-corrected chi connectivity index (χ4v) is 1.55. The maximum atomic E-state index is 11.8. The Morgan fingerprint density at radius 2 is 2.22 bits per heavy atom. The van der Waals surface area contributed by atoms with Crippen LogP contribution in [0.1, 0.15) is 35.8 Å². The average molecular weight is 253 g/mol. The van der Waals surface area contributed by atoms with E-state index < -0.39 is 5.97 Å². The summed E-state index contributed by atoms with van der Waals surface area (Å²) in [5.74, 6) is -1.34. The molecule has 1 unspecified atom stereocenters. The van der Waals surface area contributed by atoms with Crippen LogP contribution in [-0.2, 0) is 11.8 Å². The van der Waals surface area contributed by atoms with Crippen LogP contribution in [0.2, 0.25) is 0 Å². The summed E-state index contributed by atoms with van der Waals surface area (Å²) in [5, 5.41) is 15.5. The Morgan fingerprint density at radius 3 is 2.72 bits per heavy atom. The lowest BCUT2D eigenvalue weighted by Crippen LogP contribution is -2.25. The summed E-state index contributed by atoms with van der Waals surface area (Å²) < 4.78 is 1.64. The van der Waals surface area contributed by atoms with Gasteiger partial charge in [0.1, 0.15) is 0 Å². The fraction of sp³-hybridized carbons (Fsp3) is 0.583. The Balaban J connectivity index is 2.34. The van der Waals surface area contributed by atoms with Crippen LogP contribution in [0.3, 0.4) is 0 Å². The van der Waals surface area contributed by atoms with Crippen LogP contribution in [-0.4, -0.2) is 33.3 Å². The molecule has 1 heterocycles. The largest absolute Gasteiger partial charge is 0.481 e. The molecule has 0 radical (unpaired) electrons. The minimum atomic E-state index is -0.801. The Morgan fingerprint density at radius 1 is 1.56 bits per heavy atom. The predicted octanol–water partition coefficient (Wildman–Crippen LogP) is 0.959. The van der Waals surface area contributed by atoms with Gasteiger partial charge in [-0.2, -0.15) is 5.10 Å². The number of hydrogen-bond acceptors (Lipinski definition) is 3. The van der Waals surface area contributed by atoms with Gasteiger partial charge < -0.3 is 10.4 Å². The summed E-state index contributed by atoms with van der Waals surface area (Å²) in [6.07, 6.45) is 2.74. The molecular formula is C12H19N3O3. The fourth-order valence-electron chi connectivity index (χ4n) is 1.55. The van der Waals surface area contributed by atoms with Crippen molar-refractivity contribution >= 4 is 11.9 Å². The summed E-state index contributed by atoms with van der Waals surface area (Å²) in [6.45, 7) is 3.97. The van der Waals surface area contributed by atoms with Gasteiger partial charge in [0.15, 0.2) is 0 Å². The van der Waals surface area contributed by atoms with Crippen molar-refractivity contribution in [2.24, 2.45) is 13.0 Å². The van der Waals surface area contributed by atoms with E-state index in [-0.39, 0.29) is 11.8 Å². The van der Waals surface area contributed by atoms with E-state index >= 15 is 0 Å². The van der Waals surface area contributed by atoms with Crippen molar-refractivity contribution < 1.29 is 14.7 Å². The number of aliphatic carboxylic acids is 1. The molecule has 0 aliphatic heterocycles. The Kier molecular flexibility index (Phi) is 4.88. The summed E-state index contributed by atoms with van der Waals surface area (Å²) in [5.41, 5.74) is 1.37. The van der Waals surface area contributed by atoms with Gasteiger partial charge in [0.25, 0.3) is 5.91 Å². The van der Waals surface area contributed by atoms with Gasteiger partial charge in [0, 0.05) is 19.3 Å². The third-order valence-electron chi connectivity index (χ3n) is 3.00. The molecule has 1 aromatic heterocycles. The van der Waals surface area contributed by atoms with E-state index in [0.717, 1.165) is 5.69 Å². The molecule has 1 atom stereocenters. The molecule has 6 heteroatoms. The molecule has 18 heavy (non-hydrogen) atoms. The number of amides is 1. The maximum absolute atomic E-state index is 11.8. The van der Waals surface area contributed by atoms with Gasteiger partial charge in [-0.1, -0.05) is 6.92 Å². The van der Waals surface area contributed by atoms with Crippen molar-refractivity contribution in [1.29, 1.82) is 0 Å². The molecular weight excluding hydrogens is 234 g/mol. The van der Waals surface area contributed by atoms with E-state index in [2.05, 4.69) is 10.4 Å². The zero-order valence-corrected chi connectivity index (χ0v) is 10.9. The lowest BCUT2D eigenvalue weighted by atomic mass is 10.1. The molecule has 0 aliphatic carbocycles. The summed E-state index contributed by atoms with van der Waals surface area (Å²) >= 11 is 0. The molecule has 1 aromatic rings. The topological polar surface area (TPSA) is 84.2 Å². The van der Waals surface area contributed by atoms with Crippen LogP contribution in [0.4, 0.5) is 0 Å². The predicted molar refractivity (Wildman–Crippen MR) is 66.3 cm³/mol. The molecule has 6 nitrogen and oxygen atoms in total. The molecule has 0 fully saturated rings. The first kappa shape index (κ1) is 14.2. The molecule has 0 saturated heterocycles. The summed E-state index contributed by atoms with van der Waals surface area (Å²) in [7, 11) is 1.78. The Bertz CT molecular complexity index is 440. The third kappa shape index (κ3) is 3.58. The monoisotopic (exact) mass is 253 g/mol. The first-order valence-electron chi connectivity index (χ1n) is 5.93. The van der Waals surface area contributed by atoms with Gasteiger partial charge in [0.05, 0.1) is 17.7 Å². The number of hydrogen-bond donors (Lipinski definition) is 2. The van der Waals surface area contributed by atoms with E-state index in [9.17, 15) is 9.59 Å². The van der Waals surface area contributed by atoms with Gasteiger partial charge in [0.2, 0.25) is 0 Å². The molecule has 0 spiro atoms. The first-order chi connectivity index (χ1) is 8.43. The lowest BCUT2D eigenvalue weighted by Gasteiger charge is -2.07. The zero-order chi connectivity index (χ0) is 13.7. The second kappa shape index (κ2) is 6.18. The van der Waals surface area contributed by atoms with Gasteiger partial charge >= 0.3 is 5.97 Å². The number of carbonyl (C=O) groups is 2. The zero-order valence-electron chi connectivity index (χ0n) is 10.9. The van der Waals surface area contributed by atoms with Gasteiger partial charge in [-0.3, -0.25) is 14.3 Å². The van der Waals surface area contributed by atoms with E-state index in [1.807, 2.05) is 6.92 Å². The maximum Gasteiger partial charge on any atom is 0.306 e. The summed E-state index contributed by atoms with van der Waals surface area (Å²) in [6, 6.07) is 0. The van der Waals surface area contributed by atoms with Crippen LogP contribution in [0.15, 0.2) is 6.20 Å². The highest BCUT2D eigenvalue weighted by molar-refractivity contribution is 5.94. The molecule has 1 amide bonds. The average Bonchev–Trinajstić information content (AvgIpc) is 2.65. The highest BCUT2D eigenvalue weighted by Gasteiger charge is 2.13. The number of carboxylic acid groups (broad SMARTS) is 1. The lowest BCUT2D eigenvalue weighted by molar-refractivity contribution is -0.141. The second-order valence-corrected chi connectivity index (χ2v) is 4.40. The van der Waals surface area contributed by atoms with Crippen LogP contribution in [0.5, 0.6) is 0 Å². The van der Waals surface area contributed by atoms with Crippen molar-refractivity contribution in [3.8, 4) is 0 Å². The standard InChI is InChI=1S/C12H19N3O3/c1-8(12(17)18)5-4-6-13-11(16)10-7-14-15(3)9(10)2/h7-8H,4-6H2,1-3H3,(H,13,16)(H,17,18). The molecule has 2 N–H and O–H groups in total. The Labute approximate surface area is 106 Å². The molecule has 100 valence electrons. The number of rotatable bonds is 6. The number of nitrogens with zero attached hydrogens (tertiary/aromatic N) is 2. The van der Waals surface area contributed by atoms with Crippen LogP contribution in [0.25, 0.3) is 0 Å². The highest BCUT2D eigenvalue weighted by atomic mass is 16.4. The van der Waals surface area contributed by atoms with Crippen molar-refractivity contribution in [3.63, 3.8) is 0 Å². The first-order valence-corrected chi connectivity index (χ1v) is 5.93. The van der Waals surface area contributed by atoms with Crippen molar-refractivity contribution in [2.45, 2.75) is 26.7 Å². The minimum absolute atomic E-state index is 0.163. The third-order valence-corrected chi connectivity index (χ3v) is 3.00. The number of carboxylic acids is 1. The van der Waals surface area contributed by atoms with Crippen LogP contribution < -0.4 is 5.32 Å². The van der Waals surface area contributed by atoms with Gasteiger partial charge in [-0.25, -0.2) is 0 Å². The van der Waals surface area contributed by atoms with Crippen molar-refractivity contribution in [3.05, 3.63) is 17.5 Å². The number of carbonyl (C=O) groups excluding carboxylic acids is 1. The molecule has 0 aliphatic rings. The second-order valence-electron chi connectivity index (χ2n) is 4.40. The van der Waals surface area contributed by atoms with Crippen molar-refractivity contribution in [2.75, 3.05) is 6.54 Å². The quantitative estimate of drug-likeness (QED) is 0.739. The van der Waals surface area contributed by atoms with Crippen molar-refractivity contribution in [1.82, 2.24) is 15.1 Å². The van der Waals surface area contributed by atoms with E-state index in [1.165, 1.54) is 6.20 Å². The van der Waals surface area contributed by atoms with Gasteiger partial charge in [-0.15, -0.1) is 0 Å². The van der Waals surface area contributed by atoms with Crippen LogP contribution >= 0.6 is 0 Å². The molecule has 0 aromatic carbocycles. The summed E-state index contributed by atoms with van der Waals surface area (Å²) in [4.78, 5) is 22.4. The number of aryl methyl sites for hydroxylation is 1. The smallest absolute Gasteiger partial charge is 0.306 e. The van der Waals surface area contributed by atoms with E-state index in [0.29, 0.717) is 24.9 Å². The Hall–Kier alpha value is -1.85. The number of aromatic nitrogens is 2. The van der Waals surface area contributed by atoms with Crippen LogP contribution in [0, 0.1) is 12.8 Å². The normalized spacial score (nSPS) is 12.2. The number of nitrogens with one attached hydrogen (secondary N) is 1. The molecule has 1 rings (SSSR count). The van der Waals surface area contributed by atoms with E-state index in [4.69, 9.17) is 5.11 Å².